The molecular weight excluding hydrogens is 275 g/mol. The van der Waals surface area contributed by atoms with E-state index in [1.165, 1.54) is 16.4 Å². The maximum atomic E-state index is 6.05. The topological polar surface area (TPSA) is 9.23 Å². The second-order valence-corrected chi connectivity index (χ2v) is 6.56. The van der Waals surface area contributed by atoms with Crippen molar-refractivity contribution in [1.29, 1.82) is 0 Å². The van der Waals surface area contributed by atoms with Crippen LogP contribution < -0.4 is 10.0 Å². The molecule has 102 valence electrons. The molecule has 1 aliphatic rings. The van der Waals surface area contributed by atoms with Gasteiger partial charge in [0.15, 0.2) is 0 Å². The van der Waals surface area contributed by atoms with Crippen LogP contribution in [0.2, 0.25) is 0 Å². The summed E-state index contributed by atoms with van der Waals surface area (Å²) in [4.78, 5) is 0. The first kappa shape index (κ1) is 12.6. The second kappa shape index (κ2) is 5.35. The molecular formula is C19H15OP. The van der Waals surface area contributed by atoms with Gasteiger partial charge in [-0.25, -0.2) is 0 Å². The highest BCUT2D eigenvalue weighted by molar-refractivity contribution is 7.47. The van der Waals surface area contributed by atoms with E-state index in [1.54, 1.807) is 0 Å². The van der Waals surface area contributed by atoms with E-state index < -0.39 is 0 Å². The van der Waals surface area contributed by atoms with Crippen LogP contribution in [0.25, 0.3) is 0 Å². The molecule has 0 aromatic heterocycles. The van der Waals surface area contributed by atoms with Gasteiger partial charge in [-0.3, -0.25) is 0 Å². The average Bonchev–Trinajstić information content (AvgIpc) is 2.55. The van der Waals surface area contributed by atoms with E-state index in [4.69, 9.17) is 4.74 Å². The highest BCUT2D eigenvalue weighted by atomic mass is 31.1. The molecule has 3 aromatic carbocycles. The fourth-order valence-corrected chi connectivity index (χ4v) is 4.27. The lowest BCUT2D eigenvalue weighted by Crippen LogP contribution is -2.09. The first-order valence-corrected chi connectivity index (χ1v) is 8.17. The Kier molecular flexibility index (Phi) is 3.21. The summed E-state index contributed by atoms with van der Waals surface area (Å²) in [5.41, 5.74) is 2.96. The van der Waals surface area contributed by atoms with Crippen molar-refractivity contribution in [3.8, 4) is 11.5 Å². The highest BCUT2D eigenvalue weighted by Crippen LogP contribution is 2.51. The van der Waals surface area contributed by atoms with Crippen molar-refractivity contribution in [2.24, 2.45) is 0 Å². The van der Waals surface area contributed by atoms with Crippen LogP contribution in [0.1, 0.15) is 16.8 Å². The first-order chi connectivity index (χ1) is 10.4. The predicted octanol–water partition coefficient (Wildman–Crippen LogP) is 4.89. The van der Waals surface area contributed by atoms with Crippen molar-refractivity contribution in [2.45, 2.75) is 5.66 Å². The zero-order chi connectivity index (χ0) is 14.1. The molecule has 0 bridgehead atoms. The van der Waals surface area contributed by atoms with E-state index in [-0.39, 0.29) is 0 Å². The molecule has 1 heterocycles. The van der Waals surface area contributed by atoms with Crippen molar-refractivity contribution in [3.05, 3.63) is 90.0 Å². The smallest absolute Gasteiger partial charge is 0.131 e. The van der Waals surface area contributed by atoms with Crippen LogP contribution in [0.15, 0.2) is 78.9 Å². The molecule has 4 rings (SSSR count). The van der Waals surface area contributed by atoms with E-state index in [0.29, 0.717) is 14.2 Å². The van der Waals surface area contributed by atoms with E-state index in [1.807, 2.05) is 12.1 Å². The minimum atomic E-state index is 0.383. The SMILES string of the molecule is c1ccc(PC2c3ccccc3Oc3ccccc32)cc1. The summed E-state index contributed by atoms with van der Waals surface area (Å²) < 4.78 is 6.05. The number of ether oxygens (including phenoxy) is 1. The molecule has 1 atom stereocenters. The molecule has 0 amide bonds. The van der Waals surface area contributed by atoms with Crippen LogP contribution in [-0.2, 0) is 0 Å². The number of rotatable bonds is 2. The van der Waals surface area contributed by atoms with Gasteiger partial charge in [0, 0.05) is 16.8 Å². The average molecular weight is 290 g/mol. The Morgan fingerprint density at radius 2 is 1.14 bits per heavy atom. The summed E-state index contributed by atoms with van der Waals surface area (Å²) >= 11 is 0. The van der Waals surface area contributed by atoms with Crippen molar-refractivity contribution >= 4 is 13.9 Å². The summed E-state index contributed by atoms with van der Waals surface area (Å²) in [6.45, 7) is 0. The molecule has 0 spiro atoms. The van der Waals surface area contributed by atoms with Crippen LogP contribution >= 0.6 is 8.58 Å². The second-order valence-electron chi connectivity index (χ2n) is 5.12. The van der Waals surface area contributed by atoms with Gasteiger partial charge in [0.1, 0.15) is 11.5 Å². The van der Waals surface area contributed by atoms with E-state index in [9.17, 15) is 0 Å². The normalized spacial score (nSPS) is 13.7. The van der Waals surface area contributed by atoms with Crippen molar-refractivity contribution in [1.82, 2.24) is 0 Å². The molecule has 0 saturated heterocycles. The summed E-state index contributed by atoms with van der Waals surface area (Å²) in [7, 11) is 0.708. The third kappa shape index (κ3) is 2.34. The Balaban J connectivity index is 1.82. The molecule has 0 saturated carbocycles. The van der Waals surface area contributed by atoms with Crippen LogP contribution in [0.4, 0.5) is 0 Å². The van der Waals surface area contributed by atoms with Gasteiger partial charge in [-0.1, -0.05) is 75.3 Å². The fraction of sp³-hybridized carbons (Fsp3) is 0.0526. The predicted molar refractivity (Wildman–Crippen MR) is 89.2 cm³/mol. The molecule has 0 aliphatic carbocycles. The zero-order valence-electron chi connectivity index (χ0n) is 11.5. The maximum Gasteiger partial charge on any atom is 0.131 e. The van der Waals surface area contributed by atoms with Gasteiger partial charge in [-0.2, -0.15) is 0 Å². The minimum Gasteiger partial charge on any atom is -0.457 e. The Bertz CT molecular complexity index is 722. The summed E-state index contributed by atoms with van der Waals surface area (Å²) in [6, 6.07) is 27.5. The lowest BCUT2D eigenvalue weighted by Gasteiger charge is -2.28. The molecule has 0 N–H and O–H groups in total. The number of hydrogen-bond donors (Lipinski definition) is 0. The van der Waals surface area contributed by atoms with Crippen LogP contribution in [0, 0.1) is 0 Å². The van der Waals surface area contributed by atoms with Crippen molar-refractivity contribution in [3.63, 3.8) is 0 Å². The van der Waals surface area contributed by atoms with Gasteiger partial charge in [0.25, 0.3) is 0 Å². The summed E-state index contributed by atoms with van der Waals surface area (Å²) in [6.07, 6.45) is 0. The van der Waals surface area contributed by atoms with Crippen LogP contribution in [-0.4, -0.2) is 0 Å². The summed E-state index contributed by atoms with van der Waals surface area (Å²) in [5, 5.41) is 1.38. The number of hydrogen-bond acceptors (Lipinski definition) is 1. The molecule has 21 heavy (non-hydrogen) atoms. The molecule has 1 aliphatic heterocycles. The Morgan fingerprint density at radius 1 is 0.619 bits per heavy atom. The molecule has 1 nitrogen and oxygen atoms in total. The third-order valence-electron chi connectivity index (χ3n) is 3.76. The standard InChI is InChI=1S/C19H15OP/c1-2-8-14(9-3-1)21-19-15-10-4-6-12-17(15)20-18-13-7-5-11-16(18)19/h1-13,19,21H. The Labute approximate surface area is 126 Å². The Hall–Kier alpha value is -2.11. The molecule has 3 aromatic rings. The van der Waals surface area contributed by atoms with Gasteiger partial charge < -0.3 is 4.74 Å². The number of fused-ring (bicyclic) bond motifs is 2. The van der Waals surface area contributed by atoms with Crippen molar-refractivity contribution in [2.75, 3.05) is 0 Å². The molecule has 1 unspecified atom stereocenters. The zero-order valence-corrected chi connectivity index (χ0v) is 12.5. The van der Waals surface area contributed by atoms with Gasteiger partial charge >= 0.3 is 0 Å². The quantitative estimate of drug-likeness (QED) is 0.611. The lowest BCUT2D eigenvalue weighted by molar-refractivity contribution is 0.458. The molecule has 0 radical (unpaired) electrons. The van der Waals surface area contributed by atoms with Crippen LogP contribution in [0.5, 0.6) is 11.5 Å². The van der Waals surface area contributed by atoms with E-state index in [2.05, 4.69) is 66.7 Å². The third-order valence-corrected chi connectivity index (χ3v) is 5.34. The first-order valence-electron chi connectivity index (χ1n) is 7.09. The highest BCUT2D eigenvalue weighted by Gasteiger charge is 2.26. The summed E-state index contributed by atoms with van der Waals surface area (Å²) in [5.74, 6) is 1.98. The fourth-order valence-electron chi connectivity index (χ4n) is 2.77. The number of benzene rings is 3. The van der Waals surface area contributed by atoms with Gasteiger partial charge in [-0.15, -0.1) is 0 Å². The minimum absolute atomic E-state index is 0.383. The lowest BCUT2D eigenvalue weighted by atomic mass is 10.00. The van der Waals surface area contributed by atoms with Gasteiger partial charge in [0.05, 0.1) is 0 Å². The number of para-hydroxylation sites is 2. The van der Waals surface area contributed by atoms with Crippen LogP contribution in [0.3, 0.4) is 0 Å². The maximum absolute atomic E-state index is 6.05. The van der Waals surface area contributed by atoms with Crippen molar-refractivity contribution < 1.29 is 4.74 Å². The van der Waals surface area contributed by atoms with E-state index >= 15 is 0 Å². The monoisotopic (exact) mass is 290 g/mol. The van der Waals surface area contributed by atoms with Gasteiger partial charge in [0.2, 0.25) is 0 Å². The largest absolute Gasteiger partial charge is 0.457 e. The molecule has 2 heteroatoms. The van der Waals surface area contributed by atoms with E-state index in [0.717, 1.165) is 11.5 Å². The molecule has 0 fully saturated rings. The Morgan fingerprint density at radius 3 is 1.76 bits per heavy atom. The van der Waals surface area contributed by atoms with Gasteiger partial charge in [-0.05, 0) is 17.4 Å².